The minimum atomic E-state index is -0.409. The zero-order chi connectivity index (χ0) is 22.2. The Balaban J connectivity index is 1.40. The molecule has 0 saturated carbocycles. The lowest BCUT2D eigenvalue weighted by Gasteiger charge is -2.34. The van der Waals surface area contributed by atoms with Gasteiger partial charge in [-0.05, 0) is 49.2 Å². The number of hydrogen-bond acceptors (Lipinski definition) is 4. The highest BCUT2D eigenvalue weighted by Crippen LogP contribution is 2.22. The quantitative estimate of drug-likeness (QED) is 0.548. The third-order valence-electron chi connectivity index (χ3n) is 5.97. The first-order chi connectivity index (χ1) is 15.7. The van der Waals surface area contributed by atoms with E-state index in [1.807, 2.05) is 54.6 Å². The second-order valence-electron chi connectivity index (χ2n) is 8.27. The van der Waals surface area contributed by atoms with Crippen LogP contribution in [0, 0.1) is 0 Å². The van der Waals surface area contributed by atoms with Crippen LogP contribution in [0.4, 0.5) is 5.69 Å². The molecule has 3 aromatic carbocycles. The first-order valence-corrected chi connectivity index (χ1v) is 11.2. The molecule has 0 unspecified atom stereocenters. The molecule has 1 aliphatic heterocycles. The summed E-state index contributed by atoms with van der Waals surface area (Å²) in [6.45, 7) is 3.02. The maximum absolute atomic E-state index is 13.3. The fourth-order valence-electron chi connectivity index (χ4n) is 4.22. The van der Waals surface area contributed by atoms with E-state index >= 15 is 0 Å². The lowest BCUT2D eigenvalue weighted by Crippen LogP contribution is -2.46. The summed E-state index contributed by atoms with van der Waals surface area (Å²) in [4.78, 5) is 15.8. The van der Waals surface area contributed by atoms with Crippen LogP contribution in [-0.2, 0) is 11.3 Å². The molecule has 1 saturated heterocycles. The number of nitrogens with one attached hydrogen (secondary N) is 2. The van der Waals surface area contributed by atoms with E-state index in [1.54, 1.807) is 7.11 Å². The molecule has 166 valence electrons. The largest absolute Gasteiger partial charge is 0.497 e. The number of amides is 1. The van der Waals surface area contributed by atoms with Crippen molar-refractivity contribution in [3.05, 3.63) is 96.1 Å². The second kappa shape index (κ2) is 10.9. The van der Waals surface area contributed by atoms with Crippen molar-refractivity contribution in [1.82, 2.24) is 10.2 Å². The SMILES string of the molecule is COc1cccc(NC(=O)[C@H](NC2CCN(Cc3ccccc3)CC2)c2ccccc2)c1. The van der Waals surface area contributed by atoms with Gasteiger partial charge in [-0.25, -0.2) is 0 Å². The number of ether oxygens (including phenoxy) is 1. The molecule has 2 N–H and O–H groups in total. The smallest absolute Gasteiger partial charge is 0.246 e. The molecule has 0 bridgehead atoms. The molecule has 1 atom stereocenters. The summed E-state index contributed by atoms with van der Waals surface area (Å²) in [7, 11) is 1.62. The number of carbonyl (C=O) groups excluding carboxylic acids is 1. The van der Waals surface area contributed by atoms with Gasteiger partial charge in [0.25, 0.3) is 0 Å². The Bertz CT molecular complexity index is 986. The highest BCUT2D eigenvalue weighted by molar-refractivity contribution is 5.95. The van der Waals surface area contributed by atoms with E-state index in [1.165, 1.54) is 5.56 Å². The van der Waals surface area contributed by atoms with Gasteiger partial charge in [-0.1, -0.05) is 66.7 Å². The van der Waals surface area contributed by atoms with Crippen LogP contribution < -0.4 is 15.4 Å². The predicted molar refractivity (Wildman–Crippen MR) is 129 cm³/mol. The highest BCUT2D eigenvalue weighted by Gasteiger charge is 2.27. The van der Waals surface area contributed by atoms with Gasteiger partial charge in [0, 0.05) is 24.3 Å². The van der Waals surface area contributed by atoms with Crippen LogP contribution in [0.2, 0.25) is 0 Å². The van der Waals surface area contributed by atoms with Gasteiger partial charge in [-0.2, -0.15) is 0 Å². The van der Waals surface area contributed by atoms with Gasteiger partial charge in [0.15, 0.2) is 0 Å². The maximum Gasteiger partial charge on any atom is 0.246 e. The van der Waals surface area contributed by atoms with Crippen molar-refractivity contribution >= 4 is 11.6 Å². The molecule has 5 heteroatoms. The Morgan fingerprint density at radius 3 is 2.34 bits per heavy atom. The molecule has 0 radical (unpaired) electrons. The first-order valence-electron chi connectivity index (χ1n) is 11.2. The molecule has 0 spiro atoms. The van der Waals surface area contributed by atoms with Crippen molar-refractivity contribution in [2.75, 3.05) is 25.5 Å². The number of anilines is 1. The molecule has 0 aliphatic carbocycles. The normalized spacial score (nSPS) is 15.8. The second-order valence-corrected chi connectivity index (χ2v) is 8.27. The minimum Gasteiger partial charge on any atom is -0.497 e. The lowest BCUT2D eigenvalue weighted by atomic mass is 9.99. The molecular formula is C27H31N3O2. The van der Waals surface area contributed by atoms with Crippen LogP contribution in [0.25, 0.3) is 0 Å². The van der Waals surface area contributed by atoms with Crippen molar-refractivity contribution in [2.45, 2.75) is 31.5 Å². The third kappa shape index (κ3) is 5.96. The zero-order valence-corrected chi connectivity index (χ0v) is 18.5. The van der Waals surface area contributed by atoms with Crippen molar-refractivity contribution in [2.24, 2.45) is 0 Å². The molecule has 5 nitrogen and oxygen atoms in total. The average molecular weight is 430 g/mol. The van der Waals surface area contributed by atoms with Gasteiger partial charge in [-0.15, -0.1) is 0 Å². The van der Waals surface area contributed by atoms with Crippen LogP contribution in [0.3, 0.4) is 0 Å². The number of hydrogen-bond donors (Lipinski definition) is 2. The number of likely N-dealkylation sites (tertiary alicyclic amines) is 1. The highest BCUT2D eigenvalue weighted by atomic mass is 16.5. The van der Waals surface area contributed by atoms with Gasteiger partial charge >= 0.3 is 0 Å². The first kappa shape index (κ1) is 22.1. The van der Waals surface area contributed by atoms with Crippen molar-refractivity contribution in [1.29, 1.82) is 0 Å². The lowest BCUT2D eigenvalue weighted by molar-refractivity contribution is -0.118. The standard InChI is InChI=1S/C27H31N3O2/c1-32-25-14-8-13-24(19-25)29-27(31)26(22-11-6-3-7-12-22)28-23-15-17-30(18-16-23)20-21-9-4-2-5-10-21/h2-14,19,23,26,28H,15-18,20H2,1H3,(H,29,31)/t26-/m1/s1. The average Bonchev–Trinajstić information content (AvgIpc) is 2.85. The monoisotopic (exact) mass is 429 g/mol. The van der Waals surface area contributed by atoms with E-state index in [0.717, 1.165) is 49.5 Å². The summed E-state index contributed by atoms with van der Waals surface area (Å²) in [6.07, 6.45) is 2.03. The Hall–Kier alpha value is -3.15. The number of nitrogens with zero attached hydrogens (tertiary/aromatic N) is 1. The summed E-state index contributed by atoms with van der Waals surface area (Å²) in [5, 5.41) is 6.69. The van der Waals surface area contributed by atoms with Gasteiger partial charge in [-0.3, -0.25) is 15.0 Å². The Morgan fingerprint density at radius 1 is 0.969 bits per heavy atom. The van der Waals surface area contributed by atoms with E-state index in [4.69, 9.17) is 4.74 Å². The van der Waals surface area contributed by atoms with Crippen LogP contribution in [-0.4, -0.2) is 37.0 Å². The van der Waals surface area contributed by atoms with Crippen LogP contribution in [0.5, 0.6) is 5.75 Å². The molecular weight excluding hydrogens is 398 g/mol. The van der Waals surface area contributed by atoms with E-state index in [9.17, 15) is 4.79 Å². The van der Waals surface area contributed by atoms with Gasteiger partial charge in [0.05, 0.1) is 7.11 Å². The minimum absolute atomic E-state index is 0.0591. The number of rotatable bonds is 8. The Labute approximate surface area is 190 Å². The molecule has 1 amide bonds. The molecule has 4 rings (SSSR count). The maximum atomic E-state index is 13.3. The van der Waals surface area contributed by atoms with E-state index in [-0.39, 0.29) is 5.91 Å². The van der Waals surface area contributed by atoms with Crippen molar-refractivity contribution in [3.63, 3.8) is 0 Å². The topological polar surface area (TPSA) is 53.6 Å². The number of piperidine rings is 1. The van der Waals surface area contributed by atoms with E-state index in [0.29, 0.717) is 6.04 Å². The number of carbonyl (C=O) groups is 1. The number of benzene rings is 3. The van der Waals surface area contributed by atoms with E-state index < -0.39 is 6.04 Å². The van der Waals surface area contributed by atoms with Crippen LogP contribution in [0.1, 0.15) is 30.0 Å². The summed E-state index contributed by atoms with van der Waals surface area (Å²) in [5.41, 5.74) is 3.05. The third-order valence-corrected chi connectivity index (χ3v) is 5.97. The summed E-state index contributed by atoms with van der Waals surface area (Å²) in [5.74, 6) is 0.661. The molecule has 0 aromatic heterocycles. The predicted octanol–water partition coefficient (Wildman–Crippen LogP) is 4.63. The van der Waals surface area contributed by atoms with Gasteiger partial charge in [0.1, 0.15) is 11.8 Å². The van der Waals surface area contributed by atoms with Gasteiger partial charge < -0.3 is 10.1 Å². The molecule has 3 aromatic rings. The summed E-state index contributed by atoms with van der Waals surface area (Å²) in [6, 6.07) is 27.9. The fraction of sp³-hybridized carbons (Fsp3) is 0.296. The van der Waals surface area contributed by atoms with Crippen molar-refractivity contribution < 1.29 is 9.53 Å². The molecule has 1 aliphatic rings. The van der Waals surface area contributed by atoms with Crippen LogP contribution in [0.15, 0.2) is 84.9 Å². The van der Waals surface area contributed by atoms with Gasteiger partial charge in [0.2, 0.25) is 5.91 Å². The Morgan fingerprint density at radius 2 is 1.66 bits per heavy atom. The summed E-state index contributed by atoms with van der Waals surface area (Å²) < 4.78 is 5.28. The van der Waals surface area contributed by atoms with Crippen molar-refractivity contribution in [3.8, 4) is 5.75 Å². The molecule has 32 heavy (non-hydrogen) atoms. The summed E-state index contributed by atoms with van der Waals surface area (Å²) >= 11 is 0. The number of methoxy groups -OCH3 is 1. The van der Waals surface area contributed by atoms with E-state index in [2.05, 4.69) is 45.9 Å². The molecule has 1 heterocycles. The fourth-order valence-corrected chi connectivity index (χ4v) is 4.22. The molecule has 1 fully saturated rings. The zero-order valence-electron chi connectivity index (χ0n) is 18.5. The Kier molecular flexibility index (Phi) is 7.54. The van der Waals surface area contributed by atoms with Crippen LogP contribution >= 0.6 is 0 Å².